The number of primary amides is 1. The molecule has 1 aromatic carbocycles. The first-order chi connectivity index (χ1) is 11.7. The summed E-state index contributed by atoms with van der Waals surface area (Å²) in [5, 5.41) is 4.10. The Morgan fingerprint density at radius 2 is 2.16 bits per heavy atom. The van der Waals surface area contributed by atoms with E-state index in [1.807, 2.05) is 18.2 Å². The van der Waals surface area contributed by atoms with E-state index in [9.17, 15) is 9.59 Å². The minimum Gasteiger partial charge on any atom is -0.434 e. The average Bonchev–Trinajstić information content (AvgIpc) is 3.06. The largest absolute Gasteiger partial charge is 0.434 e. The van der Waals surface area contributed by atoms with Gasteiger partial charge in [0.2, 0.25) is 4.80 Å². The quantitative estimate of drug-likeness (QED) is 0.839. The van der Waals surface area contributed by atoms with E-state index in [0.29, 0.717) is 5.69 Å². The molecular formula is C16H20N4O4S. The Bertz CT molecular complexity index is 909. The number of nitrogens with two attached hydrogens (primary N) is 1. The van der Waals surface area contributed by atoms with Gasteiger partial charge in [0, 0.05) is 11.2 Å². The number of fused-ring (bicyclic) bond motifs is 1. The summed E-state index contributed by atoms with van der Waals surface area (Å²) in [4.78, 5) is 30.4. The Morgan fingerprint density at radius 1 is 1.44 bits per heavy atom. The van der Waals surface area contributed by atoms with Crippen LogP contribution in [0.25, 0.3) is 10.2 Å². The van der Waals surface area contributed by atoms with Gasteiger partial charge in [0.25, 0.3) is 5.91 Å². The molecule has 8 nitrogen and oxygen atoms in total. The van der Waals surface area contributed by atoms with Crippen molar-refractivity contribution in [3.8, 4) is 0 Å². The lowest BCUT2D eigenvalue weighted by Gasteiger charge is -2.22. The second kappa shape index (κ2) is 6.07. The van der Waals surface area contributed by atoms with Crippen molar-refractivity contribution >= 4 is 39.2 Å². The van der Waals surface area contributed by atoms with Crippen LogP contribution in [0.15, 0.2) is 23.4 Å². The van der Waals surface area contributed by atoms with Gasteiger partial charge >= 0.3 is 6.09 Å². The van der Waals surface area contributed by atoms with Gasteiger partial charge in [0.1, 0.15) is 7.11 Å². The maximum atomic E-state index is 12.0. The average molecular weight is 364 g/mol. The van der Waals surface area contributed by atoms with Crippen molar-refractivity contribution in [2.24, 2.45) is 10.9 Å². The van der Waals surface area contributed by atoms with E-state index in [-0.39, 0.29) is 12.1 Å². The van der Waals surface area contributed by atoms with Crippen molar-refractivity contribution in [3.05, 3.63) is 23.0 Å². The summed E-state index contributed by atoms with van der Waals surface area (Å²) in [6, 6.07) is 5.62. The second-order valence-corrected chi connectivity index (χ2v) is 7.71. The van der Waals surface area contributed by atoms with Crippen molar-refractivity contribution in [2.45, 2.75) is 32.4 Å². The molecule has 2 N–H and O–H groups in total. The van der Waals surface area contributed by atoms with Crippen molar-refractivity contribution < 1.29 is 19.2 Å². The minimum atomic E-state index is -0.926. The number of aromatic nitrogens is 1. The van der Waals surface area contributed by atoms with Gasteiger partial charge in [-0.1, -0.05) is 16.5 Å². The van der Waals surface area contributed by atoms with Crippen molar-refractivity contribution in [1.29, 1.82) is 0 Å². The molecule has 2 aromatic rings. The van der Waals surface area contributed by atoms with Gasteiger partial charge in [-0.05, 0) is 39.0 Å². The number of cyclic esters (lactones) is 1. The highest BCUT2D eigenvalue weighted by Gasteiger charge is 2.36. The standard InChI is InChI=1S/C16H20N4O4S/c1-16(2,3)20-10-6-5-9(7-12(10)25-14(20)18-23-4)19-8-11(13(17)21)24-15(19)22/h5-7,11H,8H2,1-4H3,(H2,17,21)/b18-14+/t11-/m1/s1. The van der Waals surface area contributed by atoms with Crippen LogP contribution >= 0.6 is 11.3 Å². The molecular weight excluding hydrogens is 344 g/mol. The predicted molar refractivity (Wildman–Crippen MR) is 94.2 cm³/mol. The highest BCUT2D eigenvalue weighted by molar-refractivity contribution is 7.16. The SMILES string of the molecule is CO/N=c1/sc2cc(N3C[C@H](C(N)=O)OC3=O)ccc2n1C(C)(C)C. The highest BCUT2D eigenvalue weighted by atomic mass is 32.1. The molecule has 2 amide bonds. The third-order valence-electron chi connectivity index (χ3n) is 3.86. The fourth-order valence-corrected chi connectivity index (χ4v) is 4.01. The minimum absolute atomic E-state index is 0.111. The molecule has 0 aliphatic carbocycles. The van der Waals surface area contributed by atoms with Crippen LogP contribution in [0.4, 0.5) is 10.5 Å². The molecule has 0 radical (unpaired) electrons. The topological polar surface area (TPSA) is 99.2 Å². The lowest BCUT2D eigenvalue weighted by atomic mass is 10.1. The number of ether oxygens (including phenoxy) is 1. The van der Waals surface area contributed by atoms with Crippen molar-refractivity contribution in [2.75, 3.05) is 18.6 Å². The first-order valence-corrected chi connectivity index (χ1v) is 8.55. The van der Waals surface area contributed by atoms with Gasteiger partial charge in [0.05, 0.1) is 16.8 Å². The number of amides is 2. The molecule has 134 valence electrons. The molecule has 2 heterocycles. The molecule has 1 fully saturated rings. The van der Waals surface area contributed by atoms with E-state index >= 15 is 0 Å². The first-order valence-electron chi connectivity index (χ1n) is 7.73. The van der Waals surface area contributed by atoms with Crippen LogP contribution in [0.5, 0.6) is 0 Å². The summed E-state index contributed by atoms with van der Waals surface area (Å²) in [5.41, 5.74) is 6.66. The molecule has 1 atom stereocenters. The number of nitrogens with zero attached hydrogens (tertiary/aromatic N) is 3. The molecule has 1 aliphatic heterocycles. The van der Waals surface area contributed by atoms with E-state index in [4.69, 9.17) is 15.3 Å². The van der Waals surface area contributed by atoms with Gasteiger partial charge in [0.15, 0.2) is 6.10 Å². The zero-order valence-corrected chi connectivity index (χ0v) is 15.3. The Hall–Kier alpha value is -2.55. The third-order valence-corrected chi connectivity index (χ3v) is 4.84. The first kappa shape index (κ1) is 17.3. The molecule has 0 bridgehead atoms. The number of benzene rings is 1. The zero-order chi connectivity index (χ0) is 18.4. The van der Waals surface area contributed by atoms with Crippen molar-refractivity contribution in [1.82, 2.24) is 4.57 Å². The molecule has 1 aromatic heterocycles. The fraction of sp³-hybridized carbons (Fsp3) is 0.438. The fourth-order valence-electron chi connectivity index (χ4n) is 2.79. The Labute approximate surface area is 148 Å². The van der Waals surface area contributed by atoms with Crippen LogP contribution in [-0.4, -0.2) is 36.3 Å². The lowest BCUT2D eigenvalue weighted by molar-refractivity contribution is -0.124. The number of rotatable bonds is 3. The van der Waals surface area contributed by atoms with E-state index < -0.39 is 18.1 Å². The molecule has 3 rings (SSSR count). The monoisotopic (exact) mass is 364 g/mol. The number of hydrogen-bond acceptors (Lipinski definition) is 6. The maximum Gasteiger partial charge on any atom is 0.415 e. The Kier molecular flexibility index (Phi) is 4.19. The Morgan fingerprint density at radius 3 is 2.72 bits per heavy atom. The molecule has 9 heteroatoms. The summed E-state index contributed by atoms with van der Waals surface area (Å²) in [5.74, 6) is -0.653. The van der Waals surface area contributed by atoms with Crippen LogP contribution in [0.3, 0.4) is 0 Å². The van der Waals surface area contributed by atoms with E-state index in [1.165, 1.54) is 23.3 Å². The molecule has 25 heavy (non-hydrogen) atoms. The predicted octanol–water partition coefficient (Wildman–Crippen LogP) is 1.73. The zero-order valence-electron chi connectivity index (χ0n) is 14.5. The normalized spacial score (nSPS) is 18.7. The summed E-state index contributed by atoms with van der Waals surface area (Å²) in [7, 11) is 1.51. The second-order valence-electron chi connectivity index (χ2n) is 6.70. The van der Waals surface area contributed by atoms with Gasteiger partial charge in [-0.2, -0.15) is 0 Å². The van der Waals surface area contributed by atoms with Crippen LogP contribution < -0.4 is 15.4 Å². The number of hydrogen-bond donors (Lipinski definition) is 1. The number of carbonyl (C=O) groups excluding carboxylic acids is 2. The molecule has 1 saturated heterocycles. The molecule has 0 spiro atoms. The lowest BCUT2D eigenvalue weighted by Crippen LogP contribution is -2.32. The number of carbonyl (C=O) groups is 2. The van der Waals surface area contributed by atoms with E-state index in [1.54, 1.807) is 0 Å². The number of anilines is 1. The summed E-state index contributed by atoms with van der Waals surface area (Å²) >= 11 is 1.46. The van der Waals surface area contributed by atoms with E-state index in [2.05, 4.69) is 30.5 Å². The molecule has 0 unspecified atom stereocenters. The van der Waals surface area contributed by atoms with E-state index in [0.717, 1.165) is 15.0 Å². The van der Waals surface area contributed by atoms with Crippen LogP contribution in [-0.2, 0) is 19.9 Å². The highest BCUT2D eigenvalue weighted by Crippen LogP contribution is 2.30. The van der Waals surface area contributed by atoms with Gasteiger partial charge < -0.3 is 19.9 Å². The maximum absolute atomic E-state index is 12.0. The third kappa shape index (κ3) is 3.07. The van der Waals surface area contributed by atoms with Crippen LogP contribution in [0.1, 0.15) is 20.8 Å². The van der Waals surface area contributed by atoms with Gasteiger partial charge in [-0.15, -0.1) is 0 Å². The summed E-state index contributed by atoms with van der Waals surface area (Å²) < 4.78 is 8.02. The Balaban J connectivity index is 2.09. The summed E-state index contributed by atoms with van der Waals surface area (Å²) in [6.07, 6.45) is -1.50. The van der Waals surface area contributed by atoms with Gasteiger partial charge in [-0.3, -0.25) is 9.69 Å². The molecule has 1 aliphatic rings. The van der Waals surface area contributed by atoms with Crippen molar-refractivity contribution in [3.63, 3.8) is 0 Å². The van der Waals surface area contributed by atoms with Crippen LogP contribution in [0.2, 0.25) is 0 Å². The summed E-state index contributed by atoms with van der Waals surface area (Å²) in [6.45, 7) is 6.35. The smallest absolute Gasteiger partial charge is 0.415 e. The number of thiazole rings is 1. The van der Waals surface area contributed by atoms with Crippen LogP contribution in [0, 0.1) is 0 Å². The van der Waals surface area contributed by atoms with Gasteiger partial charge in [-0.25, -0.2) is 4.79 Å². The molecule has 0 saturated carbocycles.